The standard InChI is InChI=1S/C21H40NO7P/c1-2-3-4-5-6-7-8-9-10-11-12-13-14-15-16-17-20(23)22-19(21(24)25)18-29-30(26,27)28/h9-10,19,26-28H,2-8,11-18H2,1H3,(H-,22,23,24,25)/p+1/b10-9-. The highest BCUT2D eigenvalue weighted by Crippen LogP contribution is 2.45. The highest BCUT2D eigenvalue weighted by Gasteiger charge is 2.36. The number of carboxylic acids is 1. The van der Waals surface area contributed by atoms with Gasteiger partial charge in [0.05, 0.1) is 0 Å². The van der Waals surface area contributed by atoms with Crippen LogP contribution >= 0.6 is 8.17 Å². The minimum atomic E-state index is -4.53. The van der Waals surface area contributed by atoms with Crippen LogP contribution in [0, 0.1) is 0 Å². The van der Waals surface area contributed by atoms with E-state index in [4.69, 9.17) is 19.8 Å². The molecule has 0 aliphatic carbocycles. The summed E-state index contributed by atoms with van der Waals surface area (Å²) in [7, 11) is -4.53. The third-order valence-corrected chi connectivity index (χ3v) is 5.21. The SMILES string of the molecule is CCCCCCCC/C=C\CCCCCCCC(=O)NC(CO[P+](O)(O)O)C(=O)O. The van der Waals surface area contributed by atoms with Crippen LogP contribution in [0.1, 0.15) is 96.8 Å². The van der Waals surface area contributed by atoms with Crippen molar-refractivity contribution in [3.05, 3.63) is 12.2 Å². The molecule has 1 unspecified atom stereocenters. The molecule has 0 bridgehead atoms. The average Bonchev–Trinajstić information content (AvgIpc) is 2.67. The summed E-state index contributed by atoms with van der Waals surface area (Å²) in [5.74, 6) is -1.82. The molecule has 5 N–H and O–H groups in total. The molecule has 0 saturated heterocycles. The van der Waals surface area contributed by atoms with E-state index >= 15 is 0 Å². The quantitative estimate of drug-likeness (QED) is 0.106. The van der Waals surface area contributed by atoms with Crippen LogP contribution in [0.25, 0.3) is 0 Å². The van der Waals surface area contributed by atoms with Gasteiger partial charge >= 0.3 is 14.1 Å². The molecular formula is C21H41NO7P+. The van der Waals surface area contributed by atoms with E-state index in [0.717, 1.165) is 32.1 Å². The molecule has 8 nitrogen and oxygen atoms in total. The van der Waals surface area contributed by atoms with Gasteiger partial charge in [-0.3, -0.25) is 4.79 Å². The zero-order chi connectivity index (χ0) is 22.7. The largest absolute Gasteiger partial charge is 0.567 e. The molecule has 1 amide bonds. The molecule has 0 rings (SSSR count). The van der Waals surface area contributed by atoms with Crippen molar-refractivity contribution < 1.29 is 33.9 Å². The Bertz CT molecular complexity index is 480. The van der Waals surface area contributed by atoms with E-state index in [-0.39, 0.29) is 6.42 Å². The van der Waals surface area contributed by atoms with Gasteiger partial charge in [-0.25, -0.2) is 4.79 Å². The van der Waals surface area contributed by atoms with Crippen LogP contribution in [0.15, 0.2) is 12.2 Å². The lowest BCUT2D eigenvalue weighted by atomic mass is 10.1. The van der Waals surface area contributed by atoms with Crippen LogP contribution in [-0.2, 0) is 14.1 Å². The molecule has 0 aliphatic rings. The summed E-state index contributed by atoms with van der Waals surface area (Å²) in [6.45, 7) is 1.51. The van der Waals surface area contributed by atoms with Gasteiger partial charge in [0, 0.05) is 6.42 Å². The van der Waals surface area contributed by atoms with Crippen molar-refractivity contribution in [1.82, 2.24) is 5.32 Å². The first-order valence-corrected chi connectivity index (χ1v) is 12.7. The van der Waals surface area contributed by atoms with Gasteiger partial charge in [0.1, 0.15) is 6.61 Å². The molecule has 0 saturated carbocycles. The van der Waals surface area contributed by atoms with Gasteiger partial charge in [0.25, 0.3) is 0 Å². The van der Waals surface area contributed by atoms with E-state index in [0.29, 0.717) is 6.42 Å². The van der Waals surface area contributed by atoms with Gasteiger partial charge in [-0.15, -0.1) is 0 Å². The third kappa shape index (κ3) is 20.2. The predicted molar refractivity (Wildman–Crippen MR) is 119 cm³/mol. The fourth-order valence-corrected chi connectivity index (χ4v) is 3.32. The fraction of sp³-hybridized carbons (Fsp3) is 0.810. The minimum Gasteiger partial charge on any atom is -0.480 e. The first-order valence-electron chi connectivity index (χ1n) is 11.1. The summed E-state index contributed by atoms with van der Waals surface area (Å²) >= 11 is 0. The number of aliphatic carboxylic acids is 1. The minimum absolute atomic E-state index is 0.194. The molecule has 1 atom stereocenters. The van der Waals surface area contributed by atoms with Gasteiger partial charge in [-0.05, 0) is 32.1 Å². The van der Waals surface area contributed by atoms with Crippen LogP contribution in [0.3, 0.4) is 0 Å². The second kappa shape index (κ2) is 18.7. The van der Waals surface area contributed by atoms with Crippen molar-refractivity contribution in [2.45, 2.75) is 103 Å². The van der Waals surface area contributed by atoms with Gasteiger partial charge in [-0.2, -0.15) is 19.2 Å². The highest BCUT2D eigenvalue weighted by molar-refractivity contribution is 7.53. The second-order valence-electron chi connectivity index (χ2n) is 7.60. The van der Waals surface area contributed by atoms with Crippen molar-refractivity contribution in [3.8, 4) is 0 Å². The predicted octanol–water partition coefficient (Wildman–Crippen LogP) is 4.26. The lowest BCUT2D eigenvalue weighted by Gasteiger charge is -2.13. The Hall–Kier alpha value is -1.05. The van der Waals surface area contributed by atoms with Crippen LogP contribution in [-0.4, -0.2) is 44.3 Å². The number of carbonyl (C=O) groups excluding carboxylic acids is 1. The molecular weight excluding hydrogens is 409 g/mol. The number of amides is 1. The van der Waals surface area contributed by atoms with Crippen LogP contribution in [0.4, 0.5) is 0 Å². The number of hydrogen-bond acceptors (Lipinski definition) is 6. The van der Waals surface area contributed by atoms with Gasteiger partial charge in [-0.1, -0.05) is 70.4 Å². The summed E-state index contributed by atoms with van der Waals surface area (Å²) in [4.78, 5) is 49.0. The number of allylic oxidation sites excluding steroid dienone is 2. The number of nitrogens with one attached hydrogen (secondary N) is 1. The molecule has 0 heterocycles. The number of rotatable bonds is 20. The van der Waals surface area contributed by atoms with Crippen molar-refractivity contribution >= 4 is 20.0 Å². The Morgan fingerprint density at radius 3 is 1.87 bits per heavy atom. The lowest BCUT2D eigenvalue weighted by Crippen LogP contribution is -2.43. The number of hydrogen-bond donors (Lipinski definition) is 5. The Labute approximate surface area is 181 Å². The zero-order valence-electron chi connectivity index (χ0n) is 18.3. The van der Waals surface area contributed by atoms with Crippen LogP contribution in [0.5, 0.6) is 0 Å². The Kier molecular flexibility index (Phi) is 18.0. The second-order valence-corrected chi connectivity index (χ2v) is 8.89. The Morgan fingerprint density at radius 2 is 1.37 bits per heavy atom. The molecule has 0 aromatic heterocycles. The molecule has 0 aromatic carbocycles. The average molecular weight is 451 g/mol. The topological polar surface area (TPSA) is 136 Å². The molecule has 0 aliphatic heterocycles. The molecule has 9 heteroatoms. The Morgan fingerprint density at radius 1 is 0.867 bits per heavy atom. The number of unbranched alkanes of at least 4 members (excludes halogenated alkanes) is 11. The smallest absolute Gasteiger partial charge is 0.480 e. The van der Waals surface area contributed by atoms with E-state index in [1.165, 1.54) is 44.9 Å². The summed E-state index contributed by atoms with van der Waals surface area (Å²) in [5.41, 5.74) is 0. The van der Waals surface area contributed by atoms with Crippen molar-refractivity contribution in [1.29, 1.82) is 0 Å². The maximum Gasteiger partial charge on any atom is 0.567 e. The van der Waals surface area contributed by atoms with Crippen LogP contribution in [0.2, 0.25) is 0 Å². The normalized spacial score (nSPS) is 12.9. The first kappa shape index (κ1) is 28.9. The van der Waals surface area contributed by atoms with E-state index in [9.17, 15) is 9.59 Å². The van der Waals surface area contributed by atoms with Gasteiger partial charge in [0.15, 0.2) is 6.04 Å². The molecule has 0 spiro atoms. The van der Waals surface area contributed by atoms with E-state index in [1.807, 2.05) is 0 Å². The molecule has 0 aromatic rings. The maximum absolute atomic E-state index is 11.8. The third-order valence-electron chi connectivity index (χ3n) is 4.71. The summed E-state index contributed by atoms with van der Waals surface area (Å²) in [6.07, 6.45) is 19.7. The molecule has 0 radical (unpaired) electrons. The van der Waals surface area contributed by atoms with Gasteiger partial charge < -0.3 is 10.4 Å². The van der Waals surface area contributed by atoms with Crippen molar-refractivity contribution in [2.75, 3.05) is 6.61 Å². The number of carboxylic acid groups (broad SMARTS) is 1. The van der Waals surface area contributed by atoms with E-state index in [1.54, 1.807) is 0 Å². The maximum atomic E-state index is 11.8. The summed E-state index contributed by atoms with van der Waals surface area (Å²) in [5, 5.41) is 11.2. The Balaban J connectivity index is 3.61. The monoisotopic (exact) mass is 450 g/mol. The lowest BCUT2D eigenvalue weighted by molar-refractivity contribution is -0.142. The summed E-state index contributed by atoms with van der Waals surface area (Å²) < 4.78 is 4.26. The molecule has 30 heavy (non-hydrogen) atoms. The molecule has 0 fully saturated rings. The van der Waals surface area contributed by atoms with E-state index < -0.39 is 32.7 Å². The summed E-state index contributed by atoms with van der Waals surface area (Å²) in [6, 6.07) is -1.44. The highest BCUT2D eigenvalue weighted by atomic mass is 31.2. The zero-order valence-corrected chi connectivity index (χ0v) is 19.2. The first-order chi connectivity index (χ1) is 14.3. The van der Waals surface area contributed by atoms with Crippen molar-refractivity contribution in [2.24, 2.45) is 0 Å². The molecule has 176 valence electrons. The number of carbonyl (C=O) groups is 2. The van der Waals surface area contributed by atoms with E-state index in [2.05, 4.69) is 28.9 Å². The van der Waals surface area contributed by atoms with Crippen molar-refractivity contribution in [3.63, 3.8) is 0 Å². The fourth-order valence-electron chi connectivity index (χ4n) is 2.97. The van der Waals surface area contributed by atoms with Gasteiger partial charge in [0.2, 0.25) is 5.91 Å². The van der Waals surface area contributed by atoms with Crippen LogP contribution < -0.4 is 5.32 Å².